The fourth-order valence-corrected chi connectivity index (χ4v) is 5.54. The number of anilines is 1. The lowest BCUT2D eigenvalue weighted by Crippen LogP contribution is -2.40. The van der Waals surface area contributed by atoms with Crippen molar-refractivity contribution in [1.82, 2.24) is 5.01 Å². The summed E-state index contributed by atoms with van der Waals surface area (Å²) in [5, 5.41) is 5.44. The summed E-state index contributed by atoms with van der Waals surface area (Å²) < 4.78 is 0. The van der Waals surface area contributed by atoms with Crippen LogP contribution in [0.25, 0.3) is 0 Å². The fraction of sp³-hybridized carbons (Fsp3) is 0.500. The summed E-state index contributed by atoms with van der Waals surface area (Å²) >= 11 is 0. The number of amides is 2. The Kier molecular flexibility index (Phi) is 3.74. The molecule has 1 aliphatic heterocycles. The van der Waals surface area contributed by atoms with Gasteiger partial charge in [0.2, 0.25) is 0 Å². The molecule has 6 rings (SSSR count). The third-order valence-corrected chi connectivity index (χ3v) is 6.98. The van der Waals surface area contributed by atoms with E-state index in [9.17, 15) is 9.59 Å². The first-order valence-corrected chi connectivity index (χ1v) is 10.1. The highest BCUT2D eigenvalue weighted by atomic mass is 16.2. The molecule has 2 amide bonds. The Bertz CT molecular complexity index is 804. The van der Waals surface area contributed by atoms with Crippen LogP contribution in [0.1, 0.15) is 25.8 Å². The van der Waals surface area contributed by atoms with Crippen LogP contribution in [0.4, 0.5) is 5.69 Å². The van der Waals surface area contributed by atoms with Gasteiger partial charge in [-0.1, -0.05) is 24.3 Å². The van der Waals surface area contributed by atoms with E-state index in [-0.39, 0.29) is 35.5 Å². The summed E-state index contributed by atoms with van der Waals surface area (Å²) in [4.78, 5) is 28.1. The van der Waals surface area contributed by atoms with Crippen LogP contribution in [0.3, 0.4) is 0 Å². The van der Waals surface area contributed by atoms with Crippen LogP contribution in [0, 0.1) is 35.5 Å². The molecule has 2 bridgehead atoms. The summed E-state index contributed by atoms with van der Waals surface area (Å²) in [6, 6.07) is 8.07. The standard InChI is InChI=1S/C22H25N3O2/c1-3-24(4-2)14-7-5-13(6-8-14)12-23-25-21(26)19-15-9-10-16(18-11-17(15)18)20(19)22(25)27/h5-10,12,15-20H,3-4,11H2,1-2H3/b23-12-/t15-,16-,17-,18+,19-,20+/m0/s1. The number of hydrogen-bond acceptors (Lipinski definition) is 4. The summed E-state index contributed by atoms with van der Waals surface area (Å²) in [5.74, 6) is 1.16. The number of hydrazone groups is 1. The van der Waals surface area contributed by atoms with Gasteiger partial charge in [0.1, 0.15) is 0 Å². The number of carbonyl (C=O) groups is 2. The van der Waals surface area contributed by atoms with E-state index in [1.54, 1.807) is 6.21 Å². The van der Waals surface area contributed by atoms with Crippen LogP contribution in [0.2, 0.25) is 0 Å². The Labute approximate surface area is 159 Å². The van der Waals surface area contributed by atoms with Crippen LogP contribution >= 0.6 is 0 Å². The van der Waals surface area contributed by atoms with E-state index in [0.29, 0.717) is 11.8 Å². The van der Waals surface area contributed by atoms with Crippen molar-refractivity contribution in [2.75, 3.05) is 18.0 Å². The monoisotopic (exact) mass is 363 g/mol. The highest BCUT2D eigenvalue weighted by molar-refractivity contribution is 6.06. The molecule has 2 saturated carbocycles. The summed E-state index contributed by atoms with van der Waals surface area (Å²) in [6.07, 6.45) is 7.18. The predicted octanol–water partition coefficient (Wildman–Crippen LogP) is 2.92. The van der Waals surface area contributed by atoms with Crippen molar-refractivity contribution in [3.8, 4) is 0 Å². The molecule has 0 aromatic heterocycles. The molecule has 6 atom stereocenters. The number of allylic oxidation sites excluding steroid dienone is 2. The van der Waals surface area contributed by atoms with Gasteiger partial charge in [0, 0.05) is 18.8 Å². The molecule has 1 aromatic rings. The third kappa shape index (κ3) is 2.40. The minimum absolute atomic E-state index is 0.106. The van der Waals surface area contributed by atoms with Crippen molar-refractivity contribution in [3.05, 3.63) is 42.0 Å². The maximum Gasteiger partial charge on any atom is 0.254 e. The normalized spacial score (nSPS) is 35.7. The van der Waals surface area contributed by atoms with Crippen LogP contribution in [-0.4, -0.2) is 36.1 Å². The van der Waals surface area contributed by atoms with E-state index in [4.69, 9.17) is 0 Å². The molecule has 5 nitrogen and oxygen atoms in total. The second-order valence-electron chi connectivity index (χ2n) is 8.15. The zero-order valence-electron chi connectivity index (χ0n) is 15.8. The molecule has 1 saturated heterocycles. The summed E-state index contributed by atoms with van der Waals surface area (Å²) in [6.45, 7) is 6.19. The first-order chi connectivity index (χ1) is 13.1. The van der Waals surface area contributed by atoms with Gasteiger partial charge in [0.15, 0.2) is 0 Å². The molecule has 140 valence electrons. The first kappa shape index (κ1) is 16.7. The molecular formula is C22H25N3O2. The van der Waals surface area contributed by atoms with Gasteiger partial charge in [-0.05, 0) is 61.6 Å². The zero-order valence-corrected chi connectivity index (χ0v) is 15.8. The van der Waals surface area contributed by atoms with Gasteiger partial charge in [0.05, 0.1) is 18.1 Å². The lowest BCUT2D eigenvalue weighted by Gasteiger charge is -2.37. The SMILES string of the molecule is CCN(CC)c1ccc(/C=N\N2C(=O)[C@@H]3[C@H]4C=C[C@@H]([C@@H]5C[C@H]45)[C@@H]3C2=O)cc1. The second-order valence-corrected chi connectivity index (χ2v) is 8.15. The lowest BCUT2D eigenvalue weighted by atomic mass is 9.63. The van der Waals surface area contributed by atoms with Gasteiger partial charge >= 0.3 is 0 Å². The second kappa shape index (κ2) is 6.04. The van der Waals surface area contributed by atoms with Gasteiger partial charge in [0.25, 0.3) is 11.8 Å². The fourth-order valence-electron chi connectivity index (χ4n) is 5.54. The molecule has 5 heteroatoms. The average Bonchev–Trinajstić information content (AvgIpc) is 3.47. The Morgan fingerprint density at radius 2 is 1.56 bits per heavy atom. The maximum atomic E-state index is 12.9. The van der Waals surface area contributed by atoms with E-state index in [0.717, 1.165) is 23.7 Å². The largest absolute Gasteiger partial charge is 0.372 e. The van der Waals surface area contributed by atoms with E-state index in [1.165, 1.54) is 12.1 Å². The number of benzene rings is 1. The van der Waals surface area contributed by atoms with E-state index in [2.05, 4.69) is 48.1 Å². The van der Waals surface area contributed by atoms with Gasteiger partial charge in [-0.25, -0.2) is 0 Å². The van der Waals surface area contributed by atoms with E-state index < -0.39 is 0 Å². The van der Waals surface area contributed by atoms with Crippen LogP contribution in [0.5, 0.6) is 0 Å². The molecule has 4 aliphatic carbocycles. The summed E-state index contributed by atoms with van der Waals surface area (Å²) in [5.41, 5.74) is 2.06. The highest BCUT2D eigenvalue weighted by Crippen LogP contribution is 2.65. The maximum absolute atomic E-state index is 12.9. The molecule has 5 aliphatic rings. The number of carbonyl (C=O) groups excluding carboxylic acids is 2. The van der Waals surface area contributed by atoms with Gasteiger partial charge in [-0.2, -0.15) is 10.1 Å². The van der Waals surface area contributed by atoms with Crippen LogP contribution in [-0.2, 0) is 9.59 Å². The van der Waals surface area contributed by atoms with E-state index >= 15 is 0 Å². The van der Waals surface area contributed by atoms with Crippen molar-refractivity contribution in [1.29, 1.82) is 0 Å². The van der Waals surface area contributed by atoms with Crippen molar-refractivity contribution in [2.45, 2.75) is 20.3 Å². The third-order valence-electron chi connectivity index (χ3n) is 6.98. The zero-order chi connectivity index (χ0) is 18.7. The highest BCUT2D eigenvalue weighted by Gasteiger charge is 2.67. The lowest BCUT2D eigenvalue weighted by molar-refractivity contribution is -0.140. The van der Waals surface area contributed by atoms with Gasteiger partial charge < -0.3 is 4.90 Å². The van der Waals surface area contributed by atoms with Crippen molar-refractivity contribution >= 4 is 23.7 Å². The molecule has 3 fully saturated rings. The number of nitrogens with zero attached hydrogens (tertiary/aromatic N) is 3. The van der Waals surface area contributed by atoms with Crippen molar-refractivity contribution in [3.63, 3.8) is 0 Å². The molecule has 1 aromatic carbocycles. The Hall–Kier alpha value is -2.43. The Morgan fingerprint density at radius 1 is 1.00 bits per heavy atom. The van der Waals surface area contributed by atoms with Crippen molar-refractivity contribution in [2.24, 2.45) is 40.6 Å². The Morgan fingerprint density at radius 3 is 2.07 bits per heavy atom. The smallest absolute Gasteiger partial charge is 0.254 e. The molecule has 1 heterocycles. The minimum Gasteiger partial charge on any atom is -0.372 e. The van der Waals surface area contributed by atoms with Crippen LogP contribution < -0.4 is 4.90 Å². The quantitative estimate of drug-likeness (QED) is 0.459. The number of hydrogen-bond donors (Lipinski definition) is 0. The Balaban J connectivity index is 1.34. The molecule has 0 N–H and O–H groups in total. The van der Waals surface area contributed by atoms with E-state index in [1.807, 2.05) is 12.1 Å². The van der Waals surface area contributed by atoms with Crippen LogP contribution in [0.15, 0.2) is 41.5 Å². The van der Waals surface area contributed by atoms with Gasteiger partial charge in [-0.15, -0.1) is 0 Å². The average molecular weight is 363 g/mol. The topological polar surface area (TPSA) is 53.0 Å². The molecule has 27 heavy (non-hydrogen) atoms. The molecule has 0 radical (unpaired) electrons. The summed E-state index contributed by atoms with van der Waals surface area (Å²) in [7, 11) is 0. The number of imide groups is 1. The molecule has 0 spiro atoms. The van der Waals surface area contributed by atoms with Crippen molar-refractivity contribution < 1.29 is 9.59 Å². The predicted molar refractivity (Wildman–Crippen MR) is 104 cm³/mol. The number of rotatable bonds is 5. The minimum atomic E-state index is -0.182. The van der Waals surface area contributed by atoms with Gasteiger partial charge in [-0.3, -0.25) is 9.59 Å². The molecule has 0 unspecified atom stereocenters. The first-order valence-electron chi connectivity index (χ1n) is 10.1. The molecular weight excluding hydrogens is 338 g/mol.